The van der Waals surface area contributed by atoms with Crippen LogP contribution >= 0.6 is 0 Å². The summed E-state index contributed by atoms with van der Waals surface area (Å²) in [6.45, 7) is 2.67. The van der Waals surface area contributed by atoms with Crippen molar-refractivity contribution >= 4 is 11.9 Å². The van der Waals surface area contributed by atoms with Crippen molar-refractivity contribution in [3.8, 4) is 0 Å². The second-order valence-electron chi connectivity index (χ2n) is 3.84. The molecule has 0 atom stereocenters. The summed E-state index contributed by atoms with van der Waals surface area (Å²) in [4.78, 5) is 24.1. The van der Waals surface area contributed by atoms with E-state index in [0.29, 0.717) is 32.4 Å². The van der Waals surface area contributed by atoms with E-state index < -0.39 is 0 Å². The summed E-state index contributed by atoms with van der Waals surface area (Å²) in [5.41, 5.74) is 0. The maximum absolute atomic E-state index is 11.1. The highest BCUT2D eigenvalue weighted by Gasteiger charge is 2.09. The molecule has 0 N–H and O–H groups in total. The van der Waals surface area contributed by atoms with E-state index in [4.69, 9.17) is 4.74 Å². The second kappa shape index (κ2) is 11.0. The molecule has 0 aromatic heterocycles. The van der Waals surface area contributed by atoms with Gasteiger partial charge in [-0.3, -0.25) is 9.59 Å². The van der Waals surface area contributed by atoms with Gasteiger partial charge in [-0.05, 0) is 13.0 Å². The van der Waals surface area contributed by atoms with Gasteiger partial charge in [-0.1, -0.05) is 0 Å². The molecule has 0 heterocycles. The fourth-order valence-corrected chi connectivity index (χ4v) is 1.46. The molecular formula is C12H23NO5. The van der Waals surface area contributed by atoms with E-state index in [-0.39, 0.29) is 11.9 Å². The smallest absolute Gasteiger partial charge is 0.306 e. The number of esters is 2. The third kappa shape index (κ3) is 8.95. The van der Waals surface area contributed by atoms with Crippen LogP contribution in [-0.2, 0) is 23.8 Å². The number of carbonyl (C=O) groups is 2. The number of rotatable bonds is 10. The molecule has 0 saturated carbocycles. The zero-order chi connectivity index (χ0) is 13.8. The lowest BCUT2D eigenvalue weighted by atomic mass is 10.2. The van der Waals surface area contributed by atoms with Crippen LogP contribution in [0.5, 0.6) is 0 Å². The van der Waals surface area contributed by atoms with Crippen molar-refractivity contribution < 1.29 is 23.8 Å². The van der Waals surface area contributed by atoms with Crippen molar-refractivity contribution in [2.24, 2.45) is 0 Å². The van der Waals surface area contributed by atoms with Crippen LogP contribution in [0.25, 0.3) is 0 Å². The molecule has 6 nitrogen and oxygen atoms in total. The largest absolute Gasteiger partial charge is 0.469 e. The molecule has 0 saturated heterocycles. The lowest BCUT2D eigenvalue weighted by Crippen LogP contribution is -2.31. The van der Waals surface area contributed by atoms with Gasteiger partial charge in [-0.25, -0.2) is 0 Å². The Kier molecular flexibility index (Phi) is 10.3. The van der Waals surface area contributed by atoms with Crippen molar-refractivity contribution in [3.63, 3.8) is 0 Å². The van der Waals surface area contributed by atoms with Crippen molar-refractivity contribution in [2.75, 3.05) is 47.6 Å². The van der Waals surface area contributed by atoms with Crippen LogP contribution in [0.4, 0.5) is 0 Å². The predicted molar refractivity (Wildman–Crippen MR) is 66.2 cm³/mol. The molecule has 0 aromatic rings. The number of ether oxygens (including phenoxy) is 3. The first-order chi connectivity index (χ1) is 8.63. The molecule has 0 aliphatic heterocycles. The van der Waals surface area contributed by atoms with E-state index in [1.54, 1.807) is 7.11 Å². The van der Waals surface area contributed by atoms with Gasteiger partial charge in [0.25, 0.3) is 0 Å². The monoisotopic (exact) mass is 261 g/mol. The average Bonchev–Trinajstić information content (AvgIpc) is 2.40. The Morgan fingerprint density at radius 1 is 0.889 bits per heavy atom. The molecular weight excluding hydrogens is 238 g/mol. The Morgan fingerprint density at radius 3 is 2.06 bits per heavy atom. The van der Waals surface area contributed by atoms with Crippen molar-refractivity contribution in [1.82, 2.24) is 4.90 Å². The Morgan fingerprint density at radius 2 is 1.50 bits per heavy atom. The number of hydrogen-bond donors (Lipinski definition) is 0. The zero-order valence-corrected chi connectivity index (χ0v) is 11.4. The Bertz CT molecular complexity index is 245. The second-order valence-corrected chi connectivity index (χ2v) is 3.84. The summed E-state index contributed by atoms with van der Waals surface area (Å²) in [5, 5.41) is 0. The highest BCUT2D eigenvalue weighted by molar-refractivity contribution is 5.69. The summed E-state index contributed by atoms with van der Waals surface area (Å²) >= 11 is 0. The van der Waals surface area contributed by atoms with Crippen LogP contribution in [0.15, 0.2) is 0 Å². The Balaban J connectivity index is 3.90. The van der Waals surface area contributed by atoms with Gasteiger partial charge in [0.05, 0.1) is 27.2 Å². The number of carbonyl (C=O) groups excluding carboxylic acids is 2. The Labute approximate surface area is 108 Å². The maximum Gasteiger partial charge on any atom is 0.306 e. The number of nitrogens with zero attached hydrogens (tertiary/aromatic N) is 1. The van der Waals surface area contributed by atoms with Crippen molar-refractivity contribution in [1.29, 1.82) is 0 Å². The van der Waals surface area contributed by atoms with Crippen LogP contribution in [0.3, 0.4) is 0 Å². The highest BCUT2D eigenvalue weighted by atomic mass is 16.5. The minimum absolute atomic E-state index is 0.213. The normalized spacial score (nSPS) is 10.4. The molecule has 0 aromatic carbocycles. The first kappa shape index (κ1) is 16.9. The number of methoxy groups -OCH3 is 3. The van der Waals surface area contributed by atoms with Gasteiger partial charge < -0.3 is 19.1 Å². The van der Waals surface area contributed by atoms with Crippen LogP contribution in [0.1, 0.15) is 19.3 Å². The van der Waals surface area contributed by atoms with Gasteiger partial charge in [0, 0.05) is 26.6 Å². The van der Waals surface area contributed by atoms with Gasteiger partial charge in [-0.2, -0.15) is 0 Å². The summed E-state index contributed by atoms with van der Waals surface area (Å²) < 4.78 is 14.2. The summed E-state index contributed by atoms with van der Waals surface area (Å²) in [6, 6.07) is 0. The molecule has 106 valence electrons. The summed E-state index contributed by atoms with van der Waals surface area (Å²) in [5.74, 6) is -0.444. The summed E-state index contributed by atoms with van der Waals surface area (Å²) in [7, 11) is 4.38. The molecule has 0 bridgehead atoms. The van der Waals surface area contributed by atoms with E-state index >= 15 is 0 Å². The van der Waals surface area contributed by atoms with Crippen LogP contribution in [0, 0.1) is 0 Å². The fourth-order valence-electron chi connectivity index (χ4n) is 1.46. The van der Waals surface area contributed by atoms with Crippen LogP contribution < -0.4 is 0 Å². The van der Waals surface area contributed by atoms with E-state index in [2.05, 4.69) is 14.4 Å². The highest BCUT2D eigenvalue weighted by Crippen LogP contribution is 1.99. The zero-order valence-electron chi connectivity index (χ0n) is 11.4. The minimum Gasteiger partial charge on any atom is -0.469 e. The SMILES string of the molecule is COCCN(CCCC(=O)OC)CCC(=O)OC. The quantitative estimate of drug-likeness (QED) is 0.532. The lowest BCUT2D eigenvalue weighted by molar-refractivity contribution is -0.142. The summed E-state index contributed by atoms with van der Waals surface area (Å²) in [6.07, 6.45) is 1.44. The number of hydrogen-bond acceptors (Lipinski definition) is 6. The molecule has 0 rings (SSSR count). The van der Waals surface area contributed by atoms with E-state index in [9.17, 15) is 9.59 Å². The molecule has 0 radical (unpaired) electrons. The minimum atomic E-state index is -0.231. The van der Waals surface area contributed by atoms with E-state index in [0.717, 1.165) is 13.1 Å². The molecule has 0 spiro atoms. The van der Waals surface area contributed by atoms with Gasteiger partial charge in [0.2, 0.25) is 0 Å². The van der Waals surface area contributed by atoms with Gasteiger partial charge in [0.15, 0.2) is 0 Å². The third-order valence-corrected chi connectivity index (χ3v) is 2.55. The lowest BCUT2D eigenvalue weighted by Gasteiger charge is -2.21. The molecule has 0 aliphatic carbocycles. The third-order valence-electron chi connectivity index (χ3n) is 2.55. The average molecular weight is 261 g/mol. The van der Waals surface area contributed by atoms with Gasteiger partial charge in [0.1, 0.15) is 0 Å². The molecule has 0 aliphatic rings. The van der Waals surface area contributed by atoms with Crippen LogP contribution in [-0.4, -0.2) is 64.4 Å². The molecule has 0 fully saturated rings. The molecule has 18 heavy (non-hydrogen) atoms. The topological polar surface area (TPSA) is 65.1 Å². The maximum atomic E-state index is 11.1. The van der Waals surface area contributed by atoms with Crippen LogP contribution in [0.2, 0.25) is 0 Å². The molecule has 6 heteroatoms. The molecule has 0 unspecified atom stereocenters. The first-order valence-electron chi connectivity index (χ1n) is 5.99. The predicted octanol–water partition coefficient (Wildman–Crippen LogP) is 0.451. The van der Waals surface area contributed by atoms with Crippen molar-refractivity contribution in [2.45, 2.75) is 19.3 Å². The van der Waals surface area contributed by atoms with E-state index in [1.807, 2.05) is 0 Å². The van der Waals surface area contributed by atoms with Gasteiger partial charge >= 0.3 is 11.9 Å². The van der Waals surface area contributed by atoms with E-state index in [1.165, 1.54) is 14.2 Å². The molecule has 0 amide bonds. The first-order valence-corrected chi connectivity index (χ1v) is 5.99. The fraction of sp³-hybridized carbons (Fsp3) is 0.833. The Hall–Kier alpha value is -1.14. The van der Waals surface area contributed by atoms with Gasteiger partial charge in [-0.15, -0.1) is 0 Å². The standard InChI is InChI=1S/C12H23NO5/c1-16-10-9-13(8-6-12(15)18-3)7-4-5-11(14)17-2/h4-10H2,1-3H3. The van der Waals surface area contributed by atoms with Crippen molar-refractivity contribution in [3.05, 3.63) is 0 Å².